The fraction of sp³-hybridized carbons (Fsp3) is 0.421. The summed E-state index contributed by atoms with van der Waals surface area (Å²) in [4.78, 5) is 26.3. The second-order valence-corrected chi connectivity index (χ2v) is 6.66. The first-order chi connectivity index (χ1) is 11.9. The van der Waals surface area contributed by atoms with E-state index in [2.05, 4.69) is 5.16 Å². The van der Waals surface area contributed by atoms with Crippen molar-refractivity contribution in [3.05, 3.63) is 52.9 Å². The lowest BCUT2D eigenvalue weighted by atomic mass is 9.89. The Labute approximate surface area is 146 Å². The maximum atomic E-state index is 13.0. The molecule has 1 saturated heterocycles. The monoisotopic (exact) mass is 342 g/mol. The smallest absolute Gasteiger partial charge is 0.308 e. The van der Waals surface area contributed by atoms with Gasteiger partial charge >= 0.3 is 5.97 Å². The molecule has 3 atom stereocenters. The number of hydrogen-bond acceptors (Lipinski definition) is 4. The minimum atomic E-state index is -0.867. The SMILES string of the molecule is Cc1noc(C)c1C(C)C(=O)N1C[C@H](C(=O)O)[C@H](c2ccccc2)C1. The van der Waals surface area contributed by atoms with E-state index in [1.165, 1.54) is 0 Å². The van der Waals surface area contributed by atoms with Gasteiger partial charge in [0, 0.05) is 24.6 Å². The third-order valence-corrected chi connectivity index (χ3v) is 5.07. The maximum Gasteiger partial charge on any atom is 0.308 e. The highest BCUT2D eigenvalue weighted by Gasteiger charge is 2.42. The Morgan fingerprint density at radius 3 is 2.48 bits per heavy atom. The van der Waals surface area contributed by atoms with Crippen LogP contribution in [0, 0.1) is 19.8 Å². The van der Waals surface area contributed by atoms with E-state index in [1.807, 2.05) is 44.2 Å². The van der Waals surface area contributed by atoms with Gasteiger partial charge in [-0.3, -0.25) is 9.59 Å². The number of benzene rings is 1. The first-order valence-corrected chi connectivity index (χ1v) is 8.39. The summed E-state index contributed by atoms with van der Waals surface area (Å²) in [6.07, 6.45) is 0. The van der Waals surface area contributed by atoms with E-state index >= 15 is 0 Å². The van der Waals surface area contributed by atoms with E-state index in [0.29, 0.717) is 18.0 Å². The Bertz CT molecular complexity index is 764. The molecule has 1 aromatic carbocycles. The van der Waals surface area contributed by atoms with Gasteiger partial charge in [-0.2, -0.15) is 0 Å². The van der Waals surface area contributed by atoms with Gasteiger partial charge in [-0.1, -0.05) is 35.5 Å². The molecule has 0 aliphatic carbocycles. The number of amides is 1. The molecule has 3 rings (SSSR count). The van der Waals surface area contributed by atoms with Gasteiger partial charge in [0.15, 0.2) is 0 Å². The highest BCUT2D eigenvalue weighted by atomic mass is 16.5. The van der Waals surface area contributed by atoms with E-state index in [0.717, 1.165) is 11.1 Å². The van der Waals surface area contributed by atoms with Crippen LogP contribution in [0.25, 0.3) is 0 Å². The van der Waals surface area contributed by atoms with Gasteiger partial charge in [-0.25, -0.2) is 0 Å². The molecule has 2 heterocycles. The number of carboxylic acid groups (broad SMARTS) is 1. The molecule has 0 bridgehead atoms. The highest BCUT2D eigenvalue weighted by Crippen LogP contribution is 2.35. The Kier molecular flexibility index (Phi) is 4.61. The van der Waals surface area contributed by atoms with Crippen molar-refractivity contribution in [3.63, 3.8) is 0 Å². The molecule has 2 aromatic rings. The molecule has 6 nitrogen and oxygen atoms in total. The standard InChI is InChI=1S/C19H22N2O4/c1-11(17-12(2)20-25-13(17)3)18(22)21-9-15(16(10-21)19(23)24)14-7-5-4-6-8-14/h4-8,11,15-16H,9-10H2,1-3H3,(H,23,24)/t11?,15-,16-/m0/s1. The Balaban J connectivity index is 1.84. The fourth-order valence-corrected chi connectivity index (χ4v) is 3.78. The van der Waals surface area contributed by atoms with Crippen LogP contribution in [0.15, 0.2) is 34.9 Å². The first-order valence-electron chi connectivity index (χ1n) is 8.39. The minimum absolute atomic E-state index is 0.0842. The van der Waals surface area contributed by atoms with E-state index < -0.39 is 17.8 Å². The number of carboxylic acids is 1. The van der Waals surface area contributed by atoms with Gasteiger partial charge in [0.2, 0.25) is 5.91 Å². The van der Waals surface area contributed by atoms with Crippen molar-refractivity contribution in [3.8, 4) is 0 Å². The lowest BCUT2D eigenvalue weighted by Gasteiger charge is -2.21. The zero-order valence-electron chi connectivity index (χ0n) is 14.6. The van der Waals surface area contributed by atoms with Crippen LogP contribution in [0.2, 0.25) is 0 Å². The third-order valence-electron chi connectivity index (χ3n) is 5.07. The van der Waals surface area contributed by atoms with Crippen molar-refractivity contribution >= 4 is 11.9 Å². The molecule has 132 valence electrons. The molecule has 1 fully saturated rings. The molecule has 1 amide bonds. The topological polar surface area (TPSA) is 83.6 Å². The fourth-order valence-electron chi connectivity index (χ4n) is 3.78. The summed E-state index contributed by atoms with van der Waals surface area (Å²) >= 11 is 0. The summed E-state index contributed by atoms with van der Waals surface area (Å²) in [5.41, 5.74) is 2.45. The lowest BCUT2D eigenvalue weighted by molar-refractivity contribution is -0.141. The molecule has 1 aromatic heterocycles. The van der Waals surface area contributed by atoms with Gasteiger partial charge in [0.25, 0.3) is 0 Å². The van der Waals surface area contributed by atoms with Crippen LogP contribution in [0.5, 0.6) is 0 Å². The summed E-state index contributed by atoms with van der Waals surface area (Å²) in [6.45, 7) is 6.05. The predicted octanol–water partition coefficient (Wildman–Crippen LogP) is 2.72. The molecule has 0 saturated carbocycles. The number of aryl methyl sites for hydroxylation is 2. The largest absolute Gasteiger partial charge is 0.481 e. The maximum absolute atomic E-state index is 13.0. The van der Waals surface area contributed by atoms with Crippen LogP contribution in [0.1, 0.15) is 41.3 Å². The number of rotatable bonds is 4. The molecule has 0 radical (unpaired) electrons. The molecule has 1 aliphatic heterocycles. The van der Waals surface area contributed by atoms with Crippen molar-refractivity contribution in [2.75, 3.05) is 13.1 Å². The van der Waals surface area contributed by atoms with Crippen LogP contribution < -0.4 is 0 Å². The number of aromatic nitrogens is 1. The van der Waals surface area contributed by atoms with Crippen molar-refractivity contribution in [2.24, 2.45) is 5.92 Å². The van der Waals surface area contributed by atoms with Crippen molar-refractivity contribution in [2.45, 2.75) is 32.6 Å². The van der Waals surface area contributed by atoms with E-state index in [9.17, 15) is 14.7 Å². The number of aliphatic carboxylic acids is 1. The lowest BCUT2D eigenvalue weighted by Crippen LogP contribution is -2.33. The van der Waals surface area contributed by atoms with Crippen LogP contribution >= 0.6 is 0 Å². The molecular formula is C19H22N2O4. The Morgan fingerprint density at radius 2 is 1.92 bits per heavy atom. The van der Waals surface area contributed by atoms with E-state index in [4.69, 9.17) is 4.52 Å². The quantitative estimate of drug-likeness (QED) is 0.923. The summed E-state index contributed by atoms with van der Waals surface area (Å²) in [5.74, 6) is -1.52. The second-order valence-electron chi connectivity index (χ2n) is 6.66. The average molecular weight is 342 g/mol. The van der Waals surface area contributed by atoms with Crippen molar-refractivity contribution in [1.82, 2.24) is 10.1 Å². The summed E-state index contributed by atoms with van der Waals surface area (Å²) in [5, 5.41) is 13.5. The van der Waals surface area contributed by atoms with Gasteiger partial charge in [-0.05, 0) is 26.3 Å². The molecule has 0 spiro atoms. The summed E-state index contributed by atoms with van der Waals surface area (Å²) < 4.78 is 5.16. The minimum Gasteiger partial charge on any atom is -0.481 e. The van der Waals surface area contributed by atoms with Gasteiger partial charge < -0.3 is 14.5 Å². The van der Waals surface area contributed by atoms with Crippen LogP contribution in [0.4, 0.5) is 0 Å². The normalized spacial score (nSPS) is 21.3. The van der Waals surface area contributed by atoms with Crippen molar-refractivity contribution < 1.29 is 19.2 Å². The third kappa shape index (κ3) is 3.16. The molecule has 1 unspecified atom stereocenters. The van der Waals surface area contributed by atoms with Crippen LogP contribution in [-0.4, -0.2) is 40.1 Å². The number of hydrogen-bond donors (Lipinski definition) is 1. The molecular weight excluding hydrogens is 320 g/mol. The zero-order valence-corrected chi connectivity index (χ0v) is 14.6. The molecule has 1 N–H and O–H groups in total. The Hall–Kier alpha value is -2.63. The zero-order chi connectivity index (χ0) is 18.1. The summed E-state index contributed by atoms with van der Waals surface area (Å²) in [6, 6.07) is 9.53. The number of nitrogens with zero attached hydrogens (tertiary/aromatic N) is 2. The predicted molar refractivity (Wildman–Crippen MR) is 91.3 cm³/mol. The average Bonchev–Trinajstić information content (AvgIpc) is 3.18. The number of carbonyl (C=O) groups is 2. The molecule has 6 heteroatoms. The number of carbonyl (C=O) groups excluding carboxylic acids is 1. The van der Waals surface area contributed by atoms with Gasteiger partial charge in [0.05, 0.1) is 17.5 Å². The molecule has 25 heavy (non-hydrogen) atoms. The van der Waals surface area contributed by atoms with E-state index in [1.54, 1.807) is 11.8 Å². The Morgan fingerprint density at radius 1 is 1.24 bits per heavy atom. The number of likely N-dealkylation sites (tertiary alicyclic amines) is 1. The van der Waals surface area contributed by atoms with Gasteiger partial charge in [0.1, 0.15) is 5.76 Å². The first kappa shape index (κ1) is 17.2. The van der Waals surface area contributed by atoms with Crippen molar-refractivity contribution in [1.29, 1.82) is 0 Å². The molecule has 1 aliphatic rings. The highest BCUT2D eigenvalue weighted by molar-refractivity contribution is 5.85. The van der Waals surface area contributed by atoms with Crippen LogP contribution in [-0.2, 0) is 9.59 Å². The second kappa shape index (κ2) is 6.70. The van der Waals surface area contributed by atoms with E-state index in [-0.39, 0.29) is 18.4 Å². The summed E-state index contributed by atoms with van der Waals surface area (Å²) in [7, 11) is 0. The van der Waals surface area contributed by atoms with Gasteiger partial charge in [-0.15, -0.1) is 0 Å². The van der Waals surface area contributed by atoms with Crippen LogP contribution in [0.3, 0.4) is 0 Å².